The Morgan fingerprint density at radius 3 is 2.74 bits per heavy atom. The number of carbonyl (C=O) groups excluding carboxylic acids is 1. The first-order valence-electron chi connectivity index (χ1n) is 5.98. The van der Waals surface area contributed by atoms with Crippen molar-refractivity contribution in [2.75, 3.05) is 5.75 Å². The van der Waals surface area contributed by atoms with Gasteiger partial charge in [-0.05, 0) is 12.1 Å². The van der Waals surface area contributed by atoms with Gasteiger partial charge in [0.25, 0.3) is 0 Å². The first-order chi connectivity index (χ1) is 9.34. The van der Waals surface area contributed by atoms with Crippen LogP contribution in [0.15, 0.2) is 66.1 Å². The molecule has 0 aliphatic carbocycles. The maximum absolute atomic E-state index is 12.0. The van der Waals surface area contributed by atoms with Crippen LogP contribution in [0.5, 0.6) is 0 Å². The van der Waals surface area contributed by atoms with Crippen LogP contribution in [-0.4, -0.2) is 20.9 Å². The van der Waals surface area contributed by atoms with Crippen molar-refractivity contribution in [3.05, 3.63) is 66.5 Å². The number of imidazole rings is 1. The highest BCUT2D eigenvalue weighted by atomic mass is 32.2. The Hall–Kier alpha value is -2.07. The topological polar surface area (TPSA) is 34.4 Å². The second kappa shape index (κ2) is 5.28. The van der Waals surface area contributed by atoms with Gasteiger partial charge < -0.3 is 0 Å². The van der Waals surface area contributed by atoms with E-state index in [0.29, 0.717) is 5.75 Å². The molecule has 0 amide bonds. The van der Waals surface area contributed by atoms with Gasteiger partial charge in [-0.25, -0.2) is 4.98 Å². The van der Waals surface area contributed by atoms with E-state index >= 15 is 0 Å². The molecule has 0 saturated carbocycles. The molecule has 1 aromatic carbocycles. The molecule has 0 aliphatic heterocycles. The van der Waals surface area contributed by atoms with E-state index in [4.69, 9.17) is 0 Å². The van der Waals surface area contributed by atoms with Crippen LogP contribution in [0.4, 0.5) is 0 Å². The Balaban J connectivity index is 1.75. The fourth-order valence-electron chi connectivity index (χ4n) is 1.86. The molecule has 2 heterocycles. The number of pyridine rings is 1. The summed E-state index contributed by atoms with van der Waals surface area (Å²) in [7, 11) is 0. The van der Waals surface area contributed by atoms with Crippen molar-refractivity contribution in [1.29, 1.82) is 0 Å². The van der Waals surface area contributed by atoms with Gasteiger partial charge in [0.15, 0.2) is 10.9 Å². The molecular weight excluding hydrogens is 256 g/mol. The predicted octanol–water partition coefficient (Wildman–Crippen LogP) is 3.31. The standard InChI is InChI=1S/C15H12N2OS/c18-14(12-6-2-1-3-7-12)11-19-15-16-10-13-8-4-5-9-17(13)15/h1-10H,11H2. The SMILES string of the molecule is O=C(CSc1ncc2ccccn12)c1ccccc1. The van der Waals surface area contributed by atoms with Crippen LogP contribution >= 0.6 is 11.8 Å². The zero-order chi connectivity index (χ0) is 13.1. The van der Waals surface area contributed by atoms with E-state index in [2.05, 4.69) is 4.98 Å². The average molecular weight is 268 g/mol. The summed E-state index contributed by atoms with van der Waals surface area (Å²) in [6.45, 7) is 0. The van der Waals surface area contributed by atoms with Crippen molar-refractivity contribution in [3.8, 4) is 0 Å². The number of carbonyl (C=O) groups is 1. The first kappa shape index (κ1) is 12.0. The van der Waals surface area contributed by atoms with Crippen LogP contribution < -0.4 is 0 Å². The molecule has 0 atom stereocenters. The summed E-state index contributed by atoms with van der Waals surface area (Å²) in [4.78, 5) is 16.4. The number of benzene rings is 1. The van der Waals surface area contributed by atoms with Gasteiger partial charge in [0, 0.05) is 11.8 Å². The summed E-state index contributed by atoms with van der Waals surface area (Å²) in [6, 6.07) is 15.3. The second-order valence-electron chi connectivity index (χ2n) is 4.11. The summed E-state index contributed by atoms with van der Waals surface area (Å²) in [5, 5.41) is 0.847. The lowest BCUT2D eigenvalue weighted by Crippen LogP contribution is -2.02. The minimum Gasteiger partial charge on any atom is -0.295 e. The van der Waals surface area contributed by atoms with Gasteiger partial charge in [-0.2, -0.15) is 0 Å². The smallest absolute Gasteiger partial charge is 0.173 e. The molecule has 0 bridgehead atoms. The van der Waals surface area contributed by atoms with Crippen molar-refractivity contribution in [2.24, 2.45) is 0 Å². The largest absolute Gasteiger partial charge is 0.295 e. The maximum atomic E-state index is 12.0. The predicted molar refractivity (Wildman–Crippen MR) is 76.7 cm³/mol. The Morgan fingerprint density at radius 1 is 1.11 bits per heavy atom. The Morgan fingerprint density at radius 2 is 1.89 bits per heavy atom. The number of ketones is 1. The first-order valence-corrected chi connectivity index (χ1v) is 6.96. The molecule has 4 heteroatoms. The molecule has 3 aromatic rings. The lowest BCUT2D eigenvalue weighted by atomic mass is 10.2. The molecule has 0 saturated heterocycles. The third-order valence-electron chi connectivity index (χ3n) is 2.83. The molecular formula is C15H12N2OS. The summed E-state index contributed by atoms with van der Waals surface area (Å²) in [5.74, 6) is 0.524. The Bertz CT molecular complexity index is 706. The van der Waals surface area contributed by atoms with Crippen LogP contribution in [0, 0.1) is 0 Å². The highest BCUT2D eigenvalue weighted by molar-refractivity contribution is 7.99. The molecule has 0 aliphatic rings. The van der Waals surface area contributed by atoms with Crippen molar-refractivity contribution in [3.63, 3.8) is 0 Å². The van der Waals surface area contributed by atoms with Crippen molar-refractivity contribution < 1.29 is 4.79 Å². The van der Waals surface area contributed by atoms with Crippen LogP contribution in [0.2, 0.25) is 0 Å². The van der Waals surface area contributed by atoms with E-state index in [1.54, 1.807) is 0 Å². The average Bonchev–Trinajstić information content (AvgIpc) is 2.89. The fourth-order valence-corrected chi connectivity index (χ4v) is 2.72. The quantitative estimate of drug-likeness (QED) is 0.538. The van der Waals surface area contributed by atoms with Gasteiger partial charge >= 0.3 is 0 Å². The monoisotopic (exact) mass is 268 g/mol. The Kier molecular flexibility index (Phi) is 3.33. The maximum Gasteiger partial charge on any atom is 0.173 e. The fraction of sp³-hybridized carbons (Fsp3) is 0.0667. The molecule has 94 valence electrons. The number of rotatable bonds is 4. The molecule has 0 unspecified atom stereocenters. The summed E-state index contributed by atoms with van der Waals surface area (Å²) >= 11 is 1.46. The third kappa shape index (κ3) is 2.53. The minimum absolute atomic E-state index is 0.123. The van der Waals surface area contributed by atoms with Crippen LogP contribution in [-0.2, 0) is 0 Å². The highest BCUT2D eigenvalue weighted by Gasteiger charge is 2.09. The van der Waals surface area contributed by atoms with Crippen LogP contribution in [0.3, 0.4) is 0 Å². The van der Waals surface area contributed by atoms with Gasteiger partial charge in [-0.1, -0.05) is 48.2 Å². The lowest BCUT2D eigenvalue weighted by Gasteiger charge is -2.01. The van der Waals surface area contributed by atoms with Crippen molar-refractivity contribution >= 4 is 23.1 Å². The highest BCUT2D eigenvalue weighted by Crippen LogP contribution is 2.19. The zero-order valence-corrected chi connectivity index (χ0v) is 11.0. The molecule has 0 fully saturated rings. The molecule has 19 heavy (non-hydrogen) atoms. The van der Waals surface area contributed by atoms with E-state index in [1.807, 2.05) is 65.3 Å². The molecule has 0 N–H and O–H groups in total. The number of hydrogen-bond acceptors (Lipinski definition) is 3. The number of hydrogen-bond donors (Lipinski definition) is 0. The second-order valence-corrected chi connectivity index (χ2v) is 5.06. The summed E-state index contributed by atoms with van der Waals surface area (Å²) in [6.07, 6.45) is 3.77. The normalized spacial score (nSPS) is 10.7. The molecule has 3 rings (SSSR count). The molecule has 2 aromatic heterocycles. The number of fused-ring (bicyclic) bond motifs is 1. The number of aromatic nitrogens is 2. The van der Waals surface area contributed by atoms with Gasteiger partial charge in [0.1, 0.15) is 0 Å². The van der Waals surface area contributed by atoms with E-state index in [9.17, 15) is 4.79 Å². The van der Waals surface area contributed by atoms with Crippen LogP contribution in [0.1, 0.15) is 10.4 Å². The number of nitrogens with zero attached hydrogens (tertiary/aromatic N) is 2. The zero-order valence-electron chi connectivity index (χ0n) is 10.2. The van der Waals surface area contributed by atoms with Crippen molar-refractivity contribution in [1.82, 2.24) is 9.38 Å². The molecule has 0 radical (unpaired) electrons. The van der Waals surface area contributed by atoms with Gasteiger partial charge in [0.05, 0.1) is 17.5 Å². The molecule has 0 spiro atoms. The van der Waals surface area contributed by atoms with Crippen LogP contribution in [0.25, 0.3) is 5.52 Å². The van der Waals surface area contributed by atoms with E-state index < -0.39 is 0 Å². The summed E-state index contributed by atoms with van der Waals surface area (Å²) in [5.41, 5.74) is 1.79. The van der Waals surface area contributed by atoms with E-state index in [-0.39, 0.29) is 5.78 Å². The van der Waals surface area contributed by atoms with E-state index in [0.717, 1.165) is 16.2 Å². The van der Waals surface area contributed by atoms with E-state index in [1.165, 1.54) is 11.8 Å². The van der Waals surface area contributed by atoms with Gasteiger partial charge in [-0.3, -0.25) is 9.20 Å². The third-order valence-corrected chi connectivity index (χ3v) is 3.80. The minimum atomic E-state index is 0.123. The lowest BCUT2D eigenvalue weighted by molar-refractivity contribution is 0.102. The number of Topliss-reactive ketones (excluding diaryl/α,β-unsaturated/α-hetero) is 1. The summed E-state index contributed by atoms with van der Waals surface area (Å²) < 4.78 is 1.99. The van der Waals surface area contributed by atoms with Gasteiger partial charge in [-0.15, -0.1) is 0 Å². The molecule has 3 nitrogen and oxygen atoms in total. The Labute approximate surface area is 115 Å². The van der Waals surface area contributed by atoms with Crippen molar-refractivity contribution in [2.45, 2.75) is 5.16 Å². The number of thioether (sulfide) groups is 1. The van der Waals surface area contributed by atoms with Gasteiger partial charge in [0.2, 0.25) is 0 Å².